The van der Waals surface area contributed by atoms with Gasteiger partial charge in [-0.05, 0) is 25.0 Å². The Morgan fingerprint density at radius 1 is 1.56 bits per heavy atom. The van der Waals surface area contributed by atoms with E-state index >= 15 is 0 Å². The average molecular weight is 263 g/mol. The molecule has 4 nitrogen and oxygen atoms in total. The Morgan fingerprint density at radius 2 is 2.31 bits per heavy atom. The van der Waals surface area contributed by atoms with Crippen LogP contribution < -0.4 is 4.72 Å². The maximum absolute atomic E-state index is 11.9. The van der Waals surface area contributed by atoms with Crippen LogP contribution in [0.15, 0.2) is 29.4 Å². The third-order valence-electron chi connectivity index (χ3n) is 2.22. The monoisotopic (exact) mass is 262 g/mol. The van der Waals surface area contributed by atoms with Crippen molar-refractivity contribution in [1.82, 2.24) is 9.71 Å². The summed E-state index contributed by atoms with van der Waals surface area (Å²) in [6.07, 6.45) is 4.20. The molecule has 1 rings (SSSR count). The lowest BCUT2D eigenvalue weighted by Crippen LogP contribution is -2.34. The van der Waals surface area contributed by atoms with Gasteiger partial charge in [0, 0.05) is 24.3 Å². The molecule has 0 amide bonds. The predicted molar refractivity (Wildman–Crippen MR) is 64.0 cm³/mol. The Bertz CT molecular complexity index is 408. The fourth-order valence-electron chi connectivity index (χ4n) is 1.27. The summed E-state index contributed by atoms with van der Waals surface area (Å²) in [6, 6.07) is 2.99. The van der Waals surface area contributed by atoms with Gasteiger partial charge in [-0.2, -0.15) is 0 Å². The van der Waals surface area contributed by atoms with Gasteiger partial charge in [0.1, 0.15) is 4.90 Å². The molecule has 0 saturated heterocycles. The Kier molecular flexibility index (Phi) is 5.18. The smallest absolute Gasteiger partial charge is 0.242 e. The lowest BCUT2D eigenvalue weighted by atomic mass is 10.2. The second kappa shape index (κ2) is 6.18. The van der Waals surface area contributed by atoms with Gasteiger partial charge >= 0.3 is 0 Å². The normalized spacial score (nSPS) is 13.6. The molecule has 1 aromatic heterocycles. The molecule has 1 aromatic rings. The summed E-state index contributed by atoms with van der Waals surface area (Å²) in [4.78, 5) is 3.97. The van der Waals surface area contributed by atoms with E-state index in [1.165, 1.54) is 18.5 Å². The average Bonchev–Trinajstić information content (AvgIpc) is 2.29. The molecule has 0 saturated carbocycles. The van der Waals surface area contributed by atoms with E-state index in [1.807, 2.05) is 6.92 Å². The van der Waals surface area contributed by atoms with E-state index in [1.54, 1.807) is 6.07 Å². The Morgan fingerprint density at radius 3 is 2.81 bits per heavy atom. The number of nitrogens with one attached hydrogen (secondary N) is 1. The number of hydrogen-bond acceptors (Lipinski definition) is 3. The van der Waals surface area contributed by atoms with Gasteiger partial charge in [0.2, 0.25) is 10.0 Å². The highest BCUT2D eigenvalue weighted by Crippen LogP contribution is 2.09. The number of alkyl halides is 1. The lowest BCUT2D eigenvalue weighted by Gasteiger charge is -2.15. The van der Waals surface area contributed by atoms with E-state index in [0.29, 0.717) is 18.7 Å². The van der Waals surface area contributed by atoms with Crippen LogP contribution in [-0.4, -0.2) is 25.3 Å². The standard InChI is InChI=1S/C10H15ClN2O2S/c1-2-9(5-6-11)13-16(14,15)10-4-3-7-12-8-10/h3-4,7-9,13H,2,5-6H2,1H3. The van der Waals surface area contributed by atoms with Crippen LogP contribution in [0.25, 0.3) is 0 Å². The molecule has 1 N–H and O–H groups in total. The van der Waals surface area contributed by atoms with Crippen molar-refractivity contribution >= 4 is 21.6 Å². The van der Waals surface area contributed by atoms with Crippen molar-refractivity contribution in [2.45, 2.75) is 30.7 Å². The first-order chi connectivity index (χ1) is 7.60. The summed E-state index contributed by atoms with van der Waals surface area (Å²) in [5.41, 5.74) is 0. The SMILES string of the molecule is CCC(CCCl)NS(=O)(=O)c1cccnc1. The van der Waals surface area contributed by atoms with Crippen molar-refractivity contribution in [3.63, 3.8) is 0 Å². The van der Waals surface area contributed by atoms with Crippen LogP contribution in [0.4, 0.5) is 0 Å². The fourth-order valence-corrected chi connectivity index (χ4v) is 2.85. The summed E-state index contributed by atoms with van der Waals surface area (Å²) in [5.74, 6) is 0.439. The largest absolute Gasteiger partial charge is 0.263 e. The maximum Gasteiger partial charge on any atom is 0.242 e. The highest BCUT2D eigenvalue weighted by Gasteiger charge is 2.18. The molecule has 0 fully saturated rings. The first-order valence-corrected chi connectivity index (χ1v) is 7.10. The lowest BCUT2D eigenvalue weighted by molar-refractivity contribution is 0.531. The number of rotatable bonds is 6. The van der Waals surface area contributed by atoms with Gasteiger partial charge < -0.3 is 0 Å². The zero-order valence-electron chi connectivity index (χ0n) is 9.06. The molecule has 0 bridgehead atoms. The molecule has 1 heterocycles. The minimum Gasteiger partial charge on any atom is -0.263 e. The van der Waals surface area contributed by atoms with Crippen molar-refractivity contribution in [3.8, 4) is 0 Å². The second-order valence-corrected chi connectivity index (χ2v) is 5.48. The molecule has 0 aliphatic carbocycles. The molecule has 0 aliphatic rings. The molecule has 6 heteroatoms. The van der Waals surface area contributed by atoms with E-state index in [0.717, 1.165) is 0 Å². The van der Waals surface area contributed by atoms with Crippen LogP contribution >= 0.6 is 11.6 Å². The number of pyridine rings is 1. The quantitative estimate of drug-likeness (QED) is 0.795. The summed E-state index contributed by atoms with van der Waals surface area (Å²) in [7, 11) is -3.46. The van der Waals surface area contributed by atoms with Crippen molar-refractivity contribution in [2.24, 2.45) is 0 Å². The van der Waals surface area contributed by atoms with E-state index in [9.17, 15) is 8.42 Å². The van der Waals surface area contributed by atoms with Gasteiger partial charge in [-0.3, -0.25) is 4.98 Å². The van der Waals surface area contributed by atoms with E-state index in [2.05, 4.69) is 9.71 Å². The molecule has 1 atom stereocenters. The Labute approximate surface area is 101 Å². The molecular weight excluding hydrogens is 248 g/mol. The highest BCUT2D eigenvalue weighted by molar-refractivity contribution is 7.89. The van der Waals surface area contributed by atoms with Crippen molar-refractivity contribution < 1.29 is 8.42 Å². The van der Waals surface area contributed by atoms with Gasteiger partial charge in [0.05, 0.1) is 0 Å². The molecule has 90 valence electrons. The predicted octanol–water partition coefficient (Wildman–Crippen LogP) is 1.77. The molecule has 0 radical (unpaired) electrons. The summed E-state index contributed by atoms with van der Waals surface area (Å²) in [6.45, 7) is 1.92. The van der Waals surface area contributed by atoms with Gasteiger partial charge in [0.25, 0.3) is 0 Å². The third-order valence-corrected chi connectivity index (χ3v) is 3.94. The molecule has 1 unspecified atom stereocenters. The molecule has 16 heavy (non-hydrogen) atoms. The zero-order valence-corrected chi connectivity index (χ0v) is 10.6. The molecule has 0 spiro atoms. The van der Waals surface area contributed by atoms with Crippen LogP contribution in [0, 0.1) is 0 Å². The first kappa shape index (κ1) is 13.4. The Balaban J connectivity index is 2.79. The van der Waals surface area contributed by atoms with E-state index in [-0.39, 0.29) is 10.9 Å². The number of nitrogens with zero attached hydrogens (tertiary/aromatic N) is 1. The third kappa shape index (κ3) is 3.73. The number of hydrogen-bond donors (Lipinski definition) is 1. The summed E-state index contributed by atoms with van der Waals surface area (Å²) in [5, 5.41) is 0. The zero-order chi connectivity index (χ0) is 12.0. The minimum atomic E-state index is -3.46. The van der Waals surface area contributed by atoms with Gasteiger partial charge in [-0.25, -0.2) is 13.1 Å². The first-order valence-electron chi connectivity index (χ1n) is 5.08. The minimum absolute atomic E-state index is 0.122. The van der Waals surface area contributed by atoms with Gasteiger partial charge in [0.15, 0.2) is 0 Å². The van der Waals surface area contributed by atoms with Crippen molar-refractivity contribution in [1.29, 1.82) is 0 Å². The van der Waals surface area contributed by atoms with Crippen LogP contribution in [0.1, 0.15) is 19.8 Å². The highest BCUT2D eigenvalue weighted by atomic mass is 35.5. The van der Waals surface area contributed by atoms with E-state index in [4.69, 9.17) is 11.6 Å². The van der Waals surface area contributed by atoms with Crippen molar-refractivity contribution in [3.05, 3.63) is 24.5 Å². The number of sulfonamides is 1. The second-order valence-electron chi connectivity index (χ2n) is 3.39. The van der Waals surface area contributed by atoms with Gasteiger partial charge in [-0.15, -0.1) is 11.6 Å². The van der Waals surface area contributed by atoms with Crippen LogP contribution in [0.3, 0.4) is 0 Å². The number of halogens is 1. The van der Waals surface area contributed by atoms with Gasteiger partial charge in [-0.1, -0.05) is 6.92 Å². The van der Waals surface area contributed by atoms with E-state index < -0.39 is 10.0 Å². The topological polar surface area (TPSA) is 59.1 Å². The molecule has 0 aromatic carbocycles. The Hall–Kier alpha value is -0.650. The van der Waals surface area contributed by atoms with Crippen molar-refractivity contribution in [2.75, 3.05) is 5.88 Å². The molecular formula is C10H15ClN2O2S. The summed E-state index contributed by atoms with van der Waals surface area (Å²) < 4.78 is 26.4. The maximum atomic E-state index is 11.9. The molecule has 0 aliphatic heterocycles. The number of aromatic nitrogens is 1. The van der Waals surface area contributed by atoms with Crippen LogP contribution in [0.2, 0.25) is 0 Å². The summed E-state index contributed by atoms with van der Waals surface area (Å²) >= 11 is 5.60. The van der Waals surface area contributed by atoms with Crippen LogP contribution in [0.5, 0.6) is 0 Å². The van der Waals surface area contributed by atoms with Crippen LogP contribution in [-0.2, 0) is 10.0 Å². The fraction of sp³-hybridized carbons (Fsp3) is 0.500.